The average molecular weight is 334 g/mol. The molecule has 2 atom stereocenters. The second-order valence-corrected chi connectivity index (χ2v) is 6.71. The van der Waals surface area contributed by atoms with Crippen LogP contribution in [0, 0.1) is 17.7 Å². The standard InChI is InChI=1S/C18H23FN2O3/c19-15-7-5-12(6-8-15)16(22)10-20-17(23)14-2-1-9-21(11-14)18(24)13-3-4-13/h5-8,13-14,16,22H,1-4,9-11H2,(H,20,23). The van der Waals surface area contributed by atoms with Gasteiger partial charge in [-0.05, 0) is 43.4 Å². The molecule has 2 N–H and O–H groups in total. The zero-order valence-corrected chi connectivity index (χ0v) is 13.6. The Hall–Kier alpha value is -1.95. The van der Waals surface area contributed by atoms with Crippen LogP contribution in [0.25, 0.3) is 0 Å². The van der Waals surface area contributed by atoms with E-state index in [2.05, 4.69) is 5.32 Å². The highest BCUT2D eigenvalue weighted by Gasteiger charge is 2.36. The molecule has 1 aromatic rings. The van der Waals surface area contributed by atoms with E-state index in [1.807, 2.05) is 4.90 Å². The van der Waals surface area contributed by atoms with Gasteiger partial charge in [-0.1, -0.05) is 12.1 Å². The van der Waals surface area contributed by atoms with Gasteiger partial charge >= 0.3 is 0 Å². The van der Waals surface area contributed by atoms with Gasteiger partial charge in [-0.2, -0.15) is 0 Å². The number of nitrogens with zero attached hydrogens (tertiary/aromatic N) is 1. The third-order valence-electron chi connectivity index (χ3n) is 4.75. The van der Waals surface area contributed by atoms with Gasteiger partial charge in [0.1, 0.15) is 5.82 Å². The first-order chi connectivity index (χ1) is 11.5. The van der Waals surface area contributed by atoms with Crippen molar-refractivity contribution >= 4 is 11.8 Å². The van der Waals surface area contributed by atoms with Crippen molar-refractivity contribution in [2.45, 2.75) is 31.8 Å². The molecule has 0 bridgehead atoms. The van der Waals surface area contributed by atoms with E-state index in [0.29, 0.717) is 12.1 Å². The van der Waals surface area contributed by atoms with Crippen molar-refractivity contribution in [3.63, 3.8) is 0 Å². The molecule has 1 aliphatic carbocycles. The maximum atomic E-state index is 12.9. The number of halogens is 1. The van der Waals surface area contributed by atoms with Gasteiger partial charge in [0.15, 0.2) is 0 Å². The maximum Gasteiger partial charge on any atom is 0.225 e. The quantitative estimate of drug-likeness (QED) is 0.860. The van der Waals surface area contributed by atoms with Crippen molar-refractivity contribution in [3.8, 4) is 0 Å². The fourth-order valence-corrected chi connectivity index (χ4v) is 3.12. The van der Waals surface area contributed by atoms with Gasteiger partial charge in [0.05, 0.1) is 12.0 Å². The molecular formula is C18H23FN2O3. The average Bonchev–Trinajstić information content (AvgIpc) is 3.44. The minimum absolute atomic E-state index is 0.0809. The van der Waals surface area contributed by atoms with Crippen LogP contribution in [-0.2, 0) is 9.59 Å². The molecule has 6 heteroatoms. The minimum atomic E-state index is -0.873. The molecule has 2 amide bonds. The van der Waals surface area contributed by atoms with E-state index < -0.39 is 6.10 Å². The van der Waals surface area contributed by atoms with Crippen LogP contribution in [0.5, 0.6) is 0 Å². The largest absolute Gasteiger partial charge is 0.387 e. The lowest BCUT2D eigenvalue weighted by Gasteiger charge is -2.32. The van der Waals surface area contributed by atoms with Crippen LogP contribution >= 0.6 is 0 Å². The molecule has 2 unspecified atom stereocenters. The van der Waals surface area contributed by atoms with Crippen molar-refractivity contribution in [2.24, 2.45) is 11.8 Å². The van der Waals surface area contributed by atoms with E-state index in [9.17, 15) is 19.1 Å². The highest BCUT2D eigenvalue weighted by atomic mass is 19.1. The van der Waals surface area contributed by atoms with E-state index >= 15 is 0 Å². The van der Waals surface area contributed by atoms with Crippen molar-refractivity contribution in [1.29, 1.82) is 0 Å². The number of hydrogen-bond acceptors (Lipinski definition) is 3. The Morgan fingerprint density at radius 1 is 1.21 bits per heavy atom. The lowest BCUT2D eigenvalue weighted by Crippen LogP contribution is -2.46. The molecule has 1 saturated heterocycles. The number of amides is 2. The molecule has 3 rings (SSSR count). The van der Waals surface area contributed by atoms with E-state index in [0.717, 1.165) is 32.2 Å². The molecule has 0 aromatic heterocycles. The predicted molar refractivity (Wildman–Crippen MR) is 86.4 cm³/mol. The minimum Gasteiger partial charge on any atom is -0.387 e. The summed E-state index contributed by atoms with van der Waals surface area (Å²) in [4.78, 5) is 26.3. The lowest BCUT2D eigenvalue weighted by molar-refractivity contribution is -0.136. The molecular weight excluding hydrogens is 311 g/mol. The molecule has 2 fully saturated rings. The molecule has 24 heavy (non-hydrogen) atoms. The Morgan fingerprint density at radius 2 is 1.92 bits per heavy atom. The Balaban J connectivity index is 1.48. The Morgan fingerprint density at radius 3 is 2.58 bits per heavy atom. The molecule has 2 aliphatic rings. The zero-order chi connectivity index (χ0) is 17.1. The fourth-order valence-electron chi connectivity index (χ4n) is 3.12. The second kappa shape index (κ2) is 7.30. The zero-order valence-electron chi connectivity index (χ0n) is 13.6. The van der Waals surface area contributed by atoms with E-state index in [4.69, 9.17) is 0 Å². The van der Waals surface area contributed by atoms with Crippen LogP contribution in [0.15, 0.2) is 24.3 Å². The van der Waals surface area contributed by atoms with Crippen LogP contribution in [-0.4, -0.2) is 41.5 Å². The molecule has 0 spiro atoms. The maximum absolute atomic E-state index is 12.9. The number of rotatable bonds is 5. The van der Waals surface area contributed by atoms with Gasteiger partial charge < -0.3 is 15.3 Å². The summed E-state index contributed by atoms with van der Waals surface area (Å²) in [5, 5.41) is 12.8. The summed E-state index contributed by atoms with van der Waals surface area (Å²) in [5.74, 6) is -0.366. The number of hydrogen-bond donors (Lipinski definition) is 2. The lowest BCUT2D eigenvalue weighted by atomic mass is 9.96. The summed E-state index contributed by atoms with van der Waals surface area (Å²) >= 11 is 0. The first kappa shape index (κ1) is 16.9. The van der Waals surface area contributed by atoms with Gasteiger partial charge in [-0.3, -0.25) is 9.59 Å². The molecule has 1 aliphatic heterocycles. The van der Waals surface area contributed by atoms with Crippen LogP contribution < -0.4 is 5.32 Å². The van der Waals surface area contributed by atoms with Crippen LogP contribution in [0.4, 0.5) is 4.39 Å². The highest BCUT2D eigenvalue weighted by Crippen LogP contribution is 2.32. The Labute approximate surface area is 140 Å². The normalized spacial score (nSPS) is 22.1. The number of likely N-dealkylation sites (tertiary alicyclic amines) is 1. The first-order valence-corrected chi connectivity index (χ1v) is 8.54. The number of aliphatic hydroxyl groups excluding tert-OH is 1. The van der Waals surface area contributed by atoms with E-state index in [-0.39, 0.29) is 36.0 Å². The monoisotopic (exact) mass is 334 g/mol. The summed E-state index contributed by atoms with van der Waals surface area (Å²) in [5.41, 5.74) is 0.561. The van der Waals surface area contributed by atoms with Crippen molar-refractivity contribution in [3.05, 3.63) is 35.6 Å². The molecule has 1 saturated carbocycles. The van der Waals surface area contributed by atoms with Crippen molar-refractivity contribution in [1.82, 2.24) is 10.2 Å². The molecule has 5 nitrogen and oxygen atoms in total. The topological polar surface area (TPSA) is 69.6 Å². The van der Waals surface area contributed by atoms with Crippen LogP contribution in [0.2, 0.25) is 0 Å². The third kappa shape index (κ3) is 4.12. The van der Waals surface area contributed by atoms with Gasteiger partial charge in [0, 0.05) is 25.6 Å². The number of aliphatic hydroxyl groups is 1. The number of nitrogens with one attached hydrogen (secondary N) is 1. The number of carbonyl (C=O) groups excluding carboxylic acids is 2. The molecule has 130 valence electrons. The SMILES string of the molecule is O=C(NCC(O)c1ccc(F)cc1)C1CCCN(C(=O)C2CC2)C1. The summed E-state index contributed by atoms with van der Waals surface area (Å²) in [6, 6.07) is 5.57. The summed E-state index contributed by atoms with van der Waals surface area (Å²) in [6.07, 6.45) is 2.65. The molecule has 1 aromatic carbocycles. The fraction of sp³-hybridized carbons (Fsp3) is 0.556. The number of benzene rings is 1. The van der Waals surface area contributed by atoms with Gasteiger partial charge in [0.25, 0.3) is 0 Å². The van der Waals surface area contributed by atoms with Gasteiger partial charge in [0.2, 0.25) is 11.8 Å². The van der Waals surface area contributed by atoms with Gasteiger partial charge in [-0.15, -0.1) is 0 Å². The first-order valence-electron chi connectivity index (χ1n) is 8.54. The van der Waals surface area contributed by atoms with E-state index in [1.165, 1.54) is 24.3 Å². The van der Waals surface area contributed by atoms with Crippen molar-refractivity contribution < 1.29 is 19.1 Å². The smallest absolute Gasteiger partial charge is 0.225 e. The Bertz CT molecular complexity index is 601. The summed E-state index contributed by atoms with van der Waals surface area (Å²) in [6.45, 7) is 1.28. The highest BCUT2D eigenvalue weighted by molar-refractivity contribution is 5.83. The van der Waals surface area contributed by atoms with Crippen LogP contribution in [0.3, 0.4) is 0 Å². The third-order valence-corrected chi connectivity index (χ3v) is 4.75. The second-order valence-electron chi connectivity index (χ2n) is 6.71. The molecule has 0 radical (unpaired) electrons. The summed E-state index contributed by atoms with van der Waals surface area (Å²) < 4.78 is 12.9. The van der Waals surface area contributed by atoms with E-state index in [1.54, 1.807) is 0 Å². The van der Waals surface area contributed by atoms with Crippen LogP contribution in [0.1, 0.15) is 37.4 Å². The summed E-state index contributed by atoms with van der Waals surface area (Å²) in [7, 11) is 0. The predicted octanol–water partition coefficient (Wildman–Crippen LogP) is 1.62. The molecule has 1 heterocycles. The van der Waals surface area contributed by atoms with Gasteiger partial charge in [-0.25, -0.2) is 4.39 Å². The number of carbonyl (C=O) groups is 2. The van der Waals surface area contributed by atoms with Crippen molar-refractivity contribution in [2.75, 3.05) is 19.6 Å². The Kier molecular flexibility index (Phi) is 5.14. The number of piperidine rings is 1.